The van der Waals surface area contributed by atoms with Crippen molar-refractivity contribution < 1.29 is 5.11 Å². The molecule has 0 saturated heterocycles. The molecule has 0 radical (unpaired) electrons. The number of hydrogen-bond donors (Lipinski definition) is 1. The first-order chi connectivity index (χ1) is 7.13. The maximum Gasteiger partial charge on any atom is 0.0790 e. The Balaban J connectivity index is 2.73. The molecular weight excluding hydrogens is 184 g/mol. The zero-order valence-electron chi connectivity index (χ0n) is 10.0. The van der Waals surface area contributed by atoms with Gasteiger partial charge in [0, 0.05) is 0 Å². The SMILES string of the molecule is CCCC(O)c1cccc(CC(C)C)c1. The highest BCUT2D eigenvalue weighted by molar-refractivity contribution is 5.25. The third-order valence-electron chi connectivity index (χ3n) is 2.54. The number of benzene rings is 1. The van der Waals surface area contributed by atoms with Gasteiger partial charge in [-0.25, -0.2) is 0 Å². The molecule has 1 heteroatoms. The first-order valence-electron chi connectivity index (χ1n) is 5.90. The fourth-order valence-electron chi connectivity index (χ4n) is 1.84. The van der Waals surface area contributed by atoms with Gasteiger partial charge in [0.2, 0.25) is 0 Å². The summed E-state index contributed by atoms with van der Waals surface area (Å²) in [5.74, 6) is 0.670. The largest absolute Gasteiger partial charge is 0.388 e. The Bertz CT molecular complexity index is 291. The van der Waals surface area contributed by atoms with E-state index >= 15 is 0 Å². The third-order valence-corrected chi connectivity index (χ3v) is 2.54. The summed E-state index contributed by atoms with van der Waals surface area (Å²) in [7, 11) is 0. The van der Waals surface area contributed by atoms with Crippen LogP contribution in [-0.4, -0.2) is 5.11 Å². The van der Waals surface area contributed by atoms with E-state index in [1.165, 1.54) is 5.56 Å². The summed E-state index contributed by atoms with van der Waals surface area (Å²) < 4.78 is 0. The first kappa shape index (κ1) is 12.3. The quantitative estimate of drug-likeness (QED) is 0.778. The molecule has 0 aliphatic heterocycles. The summed E-state index contributed by atoms with van der Waals surface area (Å²) in [6, 6.07) is 8.35. The van der Waals surface area contributed by atoms with Gasteiger partial charge in [-0.05, 0) is 29.9 Å². The normalized spacial score (nSPS) is 13.1. The van der Waals surface area contributed by atoms with Gasteiger partial charge in [-0.3, -0.25) is 0 Å². The van der Waals surface area contributed by atoms with E-state index < -0.39 is 0 Å². The Kier molecular flexibility index (Phi) is 4.83. The van der Waals surface area contributed by atoms with Crippen LogP contribution in [0.5, 0.6) is 0 Å². The van der Waals surface area contributed by atoms with E-state index in [1.54, 1.807) is 0 Å². The van der Waals surface area contributed by atoms with Gasteiger partial charge in [-0.2, -0.15) is 0 Å². The van der Waals surface area contributed by atoms with Gasteiger partial charge in [0.1, 0.15) is 0 Å². The van der Waals surface area contributed by atoms with Crippen LogP contribution in [0.15, 0.2) is 24.3 Å². The molecule has 84 valence electrons. The van der Waals surface area contributed by atoms with Gasteiger partial charge >= 0.3 is 0 Å². The Hall–Kier alpha value is -0.820. The predicted molar refractivity (Wildman–Crippen MR) is 64.9 cm³/mol. The highest BCUT2D eigenvalue weighted by atomic mass is 16.3. The summed E-state index contributed by atoms with van der Waals surface area (Å²) in [5, 5.41) is 9.88. The molecule has 0 fully saturated rings. The van der Waals surface area contributed by atoms with Crippen molar-refractivity contribution in [3.05, 3.63) is 35.4 Å². The summed E-state index contributed by atoms with van der Waals surface area (Å²) in [6.45, 7) is 6.53. The molecule has 1 unspecified atom stereocenters. The van der Waals surface area contributed by atoms with E-state index in [1.807, 2.05) is 12.1 Å². The van der Waals surface area contributed by atoms with Crippen molar-refractivity contribution in [2.45, 2.75) is 46.1 Å². The van der Waals surface area contributed by atoms with Crippen molar-refractivity contribution in [2.75, 3.05) is 0 Å². The molecule has 1 aromatic rings. The zero-order chi connectivity index (χ0) is 11.3. The molecule has 1 atom stereocenters. The van der Waals surface area contributed by atoms with Crippen molar-refractivity contribution in [1.29, 1.82) is 0 Å². The van der Waals surface area contributed by atoms with Crippen LogP contribution >= 0.6 is 0 Å². The number of aliphatic hydroxyl groups excluding tert-OH is 1. The number of hydrogen-bond acceptors (Lipinski definition) is 1. The highest BCUT2D eigenvalue weighted by Crippen LogP contribution is 2.20. The maximum atomic E-state index is 9.88. The molecule has 1 nitrogen and oxygen atoms in total. The van der Waals surface area contributed by atoms with Gasteiger partial charge in [0.15, 0.2) is 0 Å². The van der Waals surface area contributed by atoms with Gasteiger partial charge in [0.05, 0.1) is 6.10 Å². The lowest BCUT2D eigenvalue weighted by molar-refractivity contribution is 0.166. The molecule has 0 spiro atoms. The summed E-state index contributed by atoms with van der Waals surface area (Å²) >= 11 is 0. The van der Waals surface area contributed by atoms with Gasteiger partial charge in [-0.15, -0.1) is 0 Å². The Morgan fingerprint density at radius 1 is 1.27 bits per heavy atom. The van der Waals surface area contributed by atoms with E-state index in [9.17, 15) is 5.11 Å². The fourth-order valence-corrected chi connectivity index (χ4v) is 1.84. The molecular formula is C14H22O. The van der Waals surface area contributed by atoms with Gasteiger partial charge in [0.25, 0.3) is 0 Å². The molecule has 0 amide bonds. The second kappa shape index (κ2) is 5.92. The van der Waals surface area contributed by atoms with E-state index in [4.69, 9.17) is 0 Å². The molecule has 0 aliphatic carbocycles. The third kappa shape index (κ3) is 4.05. The van der Waals surface area contributed by atoms with Crippen LogP contribution in [0.3, 0.4) is 0 Å². The first-order valence-corrected chi connectivity index (χ1v) is 5.90. The number of aliphatic hydroxyl groups is 1. The maximum absolute atomic E-state index is 9.88. The molecule has 0 aromatic heterocycles. The second-order valence-corrected chi connectivity index (χ2v) is 4.65. The number of rotatable bonds is 5. The molecule has 1 N–H and O–H groups in total. The van der Waals surface area contributed by atoms with Crippen LogP contribution in [0.2, 0.25) is 0 Å². The minimum absolute atomic E-state index is 0.290. The van der Waals surface area contributed by atoms with Crippen LogP contribution in [0.1, 0.15) is 50.8 Å². The average Bonchev–Trinajstić information content (AvgIpc) is 2.17. The van der Waals surface area contributed by atoms with Crippen LogP contribution in [0.25, 0.3) is 0 Å². The van der Waals surface area contributed by atoms with E-state index in [2.05, 4.69) is 32.9 Å². The molecule has 0 heterocycles. The minimum Gasteiger partial charge on any atom is -0.388 e. The molecule has 0 bridgehead atoms. The highest BCUT2D eigenvalue weighted by Gasteiger charge is 2.07. The van der Waals surface area contributed by atoms with Crippen molar-refractivity contribution >= 4 is 0 Å². The Labute approximate surface area is 93.1 Å². The van der Waals surface area contributed by atoms with Crippen LogP contribution in [0, 0.1) is 5.92 Å². The van der Waals surface area contributed by atoms with Crippen molar-refractivity contribution in [3.63, 3.8) is 0 Å². The fraction of sp³-hybridized carbons (Fsp3) is 0.571. The Morgan fingerprint density at radius 3 is 2.60 bits per heavy atom. The van der Waals surface area contributed by atoms with Crippen LogP contribution in [-0.2, 0) is 6.42 Å². The predicted octanol–water partition coefficient (Wildman–Crippen LogP) is 3.72. The summed E-state index contributed by atoms with van der Waals surface area (Å²) in [6.07, 6.45) is 2.68. The van der Waals surface area contributed by atoms with Gasteiger partial charge < -0.3 is 5.11 Å². The lowest BCUT2D eigenvalue weighted by Crippen LogP contribution is -1.99. The van der Waals surface area contributed by atoms with E-state index in [0.717, 1.165) is 24.8 Å². The monoisotopic (exact) mass is 206 g/mol. The lowest BCUT2D eigenvalue weighted by atomic mass is 9.98. The van der Waals surface area contributed by atoms with Crippen molar-refractivity contribution in [3.8, 4) is 0 Å². The summed E-state index contributed by atoms with van der Waals surface area (Å²) in [5.41, 5.74) is 2.40. The van der Waals surface area contributed by atoms with Crippen LogP contribution < -0.4 is 0 Å². The molecule has 1 rings (SSSR count). The van der Waals surface area contributed by atoms with Crippen LogP contribution in [0.4, 0.5) is 0 Å². The Morgan fingerprint density at radius 2 is 2.00 bits per heavy atom. The molecule has 0 aliphatic rings. The smallest absolute Gasteiger partial charge is 0.0790 e. The standard InChI is InChI=1S/C14H22O/c1-4-6-14(15)13-8-5-7-12(10-13)9-11(2)3/h5,7-8,10-11,14-15H,4,6,9H2,1-3H3. The lowest BCUT2D eigenvalue weighted by Gasteiger charge is -2.12. The molecule has 0 saturated carbocycles. The summed E-state index contributed by atoms with van der Waals surface area (Å²) in [4.78, 5) is 0. The molecule has 15 heavy (non-hydrogen) atoms. The second-order valence-electron chi connectivity index (χ2n) is 4.65. The van der Waals surface area contributed by atoms with E-state index in [-0.39, 0.29) is 6.10 Å². The van der Waals surface area contributed by atoms with Gasteiger partial charge in [-0.1, -0.05) is 51.5 Å². The van der Waals surface area contributed by atoms with E-state index in [0.29, 0.717) is 5.92 Å². The average molecular weight is 206 g/mol. The zero-order valence-corrected chi connectivity index (χ0v) is 10.0. The van der Waals surface area contributed by atoms with Crippen molar-refractivity contribution in [1.82, 2.24) is 0 Å². The van der Waals surface area contributed by atoms with Crippen molar-refractivity contribution in [2.24, 2.45) is 5.92 Å². The topological polar surface area (TPSA) is 20.2 Å². The minimum atomic E-state index is -0.290. The molecule has 1 aromatic carbocycles.